The highest BCUT2D eigenvalue weighted by Gasteiger charge is 2.47. The van der Waals surface area contributed by atoms with Gasteiger partial charge in [0.25, 0.3) is 0 Å². The number of pyridine rings is 1. The van der Waals surface area contributed by atoms with E-state index in [1.807, 2.05) is 60.7 Å². The van der Waals surface area contributed by atoms with E-state index >= 15 is 0 Å². The van der Waals surface area contributed by atoms with Crippen molar-refractivity contribution in [1.82, 2.24) is 20.2 Å². The summed E-state index contributed by atoms with van der Waals surface area (Å²) in [6, 6.07) is 17.3. The van der Waals surface area contributed by atoms with Crippen molar-refractivity contribution in [2.75, 3.05) is 33.4 Å². The second-order valence-electron chi connectivity index (χ2n) is 12.8. The molecule has 2 aromatic heterocycles. The zero-order valence-electron chi connectivity index (χ0n) is 26.8. The SMILES string of the molecule is COc1nc(C2(c3nc4cc(CN[C@@H]5CCOC[C@@H]5F)cc(C#N)c4o3)C=CC=C(c3ccccc3Cl)C2C)ccc1CN1CC(O)C1. The predicted octanol–water partition coefficient (Wildman–Crippen LogP) is 5.73. The molecule has 0 spiro atoms. The Hall–Kier alpha value is -4.11. The number of aromatic nitrogens is 2. The van der Waals surface area contributed by atoms with Gasteiger partial charge in [0.1, 0.15) is 23.2 Å². The van der Waals surface area contributed by atoms with Crippen LogP contribution in [0.1, 0.15) is 47.2 Å². The van der Waals surface area contributed by atoms with E-state index < -0.39 is 11.6 Å². The van der Waals surface area contributed by atoms with E-state index in [4.69, 9.17) is 35.5 Å². The number of methoxy groups -OCH3 is 1. The van der Waals surface area contributed by atoms with Crippen LogP contribution in [-0.2, 0) is 23.2 Å². The average molecular weight is 670 g/mol. The summed E-state index contributed by atoms with van der Waals surface area (Å²) < 4.78 is 32.1. The molecule has 0 bridgehead atoms. The quantitative estimate of drug-likeness (QED) is 0.231. The number of ether oxygens (including phenoxy) is 2. The third-order valence-electron chi connectivity index (χ3n) is 9.74. The van der Waals surface area contributed by atoms with Gasteiger partial charge in [-0.1, -0.05) is 61.0 Å². The first-order valence-corrected chi connectivity index (χ1v) is 16.6. The van der Waals surface area contributed by atoms with Crippen molar-refractivity contribution in [3.63, 3.8) is 0 Å². The topological polar surface area (TPSA) is 117 Å². The van der Waals surface area contributed by atoms with Crippen LogP contribution in [0.25, 0.3) is 16.7 Å². The second-order valence-corrected chi connectivity index (χ2v) is 13.2. The maximum atomic E-state index is 14.4. The zero-order valence-corrected chi connectivity index (χ0v) is 27.6. The van der Waals surface area contributed by atoms with Crippen molar-refractivity contribution in [1.29, 1.82) is 5.26 Å². The smallest absolute Gasteiger partial charge is 0.217 e. The molecule has 248 valence electrons. The van der Waals surface area contributed by atoms with Crippen molar-refractivity contribution in [3.8, 4) is 11.9 Å². The first-order chi connectivity index (χ1) is 23.3. The largest absolute Gasteiger partial charge is 0.481 e. The molecule has 2 N–H and O–H groups in total. The Morgan fingerprint density at radius 1 is 1.21 bits per heavy atom. The summed E-state index contributed by atoms with van der Waals surface area (Å²) >= 11 is 6.74. The van der Waals surface area contributed by atoms with E-state index in [0.29, 0.717) is 78.4 Å². The van der Waals surface area contributed by atoms with Crippen molar-refractivity contribution >= 4 is 28.3 Å². The molecule has 9 nitrogen and oxygen atoms in total. The standard InChI is InChI=1S/C37H37ClFN5O4/c1-22-27(28-6-3-4-8-29(28)38)7-5-12-37(22,33-10-9-24(35(43-33)46-2)18-44-19-26(45)20-44)36-42-32-15-23(14-25(16-40)34(32)48-36)17-41-31-11-13-47-21-30(31)39/h3-10,12,14-15,22,26,30-31,41,45H,11,13,17-21H2,1-2H3/t22?,30-,31+,37?/m0/s1. The summed E-state index contributed by atoms with van der Waals surface area (Å²) in [7, 11) is 1.60. The third kappa shape index (κ3) is 5.91. The van der Waals surface area contributed by atoms with Crippen LogP contribution in [0, 0.1) is 17.2 Å². The molecule has 4 atom stereocenters. The zero-order chi connectivity index (χ0) is 33.4. The van der Waals surface area contributed by atoms with Crippen molar-refractivity contribution in [2.24, 2.45) is 5.92 Å². The van der Waals surface area contributed by atoms with Gasteiger partial charge in [0.05, 0.1) is 31.1 Å². The lowest BCUT2D eigenvalue weighted by Crippen LogP contribution is -2.49. The normalized spacial score (nSPS) is 24.7. The lowest BCUT2D eigenvalue weighted by molar-refractivity contribution is -0.00332. The number of alkyl halides is 1. The van der Waals surface area contributed by atoms with Gasteiger partial charge in [0.2, 0.25) is 11.8 Å². The highest BCUT2D eigenvalue weighted by molar-refractivity contribution is 6.32. The van der Waals surface area contributed by atoms with Crippen LogP contribution in [-0.4, -0.2) is 71.7 Å². The third-order valence-corrected chi connectivity index (χ3v) is 10.1. The number of nitrogens with one attached hydrogen (secondary N) is 1. The Bertz CT molecular complexity index is 1930. The molecule has 0 amide bonds. The molecule has 11 heteroatoms. The molecule has 4 aromatic rings. The lowest BCUT2D eigenvalue weighted by atomic mass is 9.66. The summed E-state index contributed by atoms with van der Waals surface area (Å²) in [6.07, 6.45) is 5.23. The van der Waals surface area contributed by atoms with Crippen LogP contribution in [0.4, 0.5) is 4.39 Å². The molecule has 2 aromatic carbocycles. The Morgan fingerprint density at radius 2 is 2.04 bits per heavy atom. The van der Waals surface area contributed by atoms with Gasteiger partial charge >= 0.3 is 0 Å². The number of rotatable bonds is 9. The summed E-state index contributed by atoms with van der Waals surface area (Å²) in [6.45, 7) is 4.85. The minimum absolute atomic E-state index is 0.0758. The van der Waals surface area contributed by atoms with E-state index in [1.54, 1.807) is 13.2 Å². The van der Waals surface area contributed by atoms with E-state index in [2.05, 4.69) is 23.2 Å². The van der Waals surface area contributed by atoms with Gasteiger partial charge in [-0.15, -0.1) is 0 Å². The minimum atomic E-state index is -1.09. The molecule has 3 aliphatic rings. The molecular weight excluding hydrogens is 633 g/mol. The monoisotopic (exact) mass is 669 g/mol. The minimum Gasteiger partial charge on any atom is -0.481 e. The first kappa shape index (κ1) is 32.4. The van der Waals surface area contributed by atoms with E-state index in [9.17, 15) is 14.8 Å². The molecule has 48 heavy (non-hydrogen) atoms. The van der Waals surface area contributed by atoms with Crippen LogP contribution < -0.4 is 10.1 Å². The molecule has 2 aliphatic heterocycles. The number of oxazole rings is 1. The molecule has 0 radical (unpaired) electrons. The Kier molecular flexibility index (Phi) is 9.07. The number of aliphatic hydroxyl groups excluding tert-OH is 1. The van der Waals surface area contributed by atoms with Gasteiger partial charge in [0, 0.05) is 55.3 Å². The number of halogens is 2. The molecule has 1 aliphatic carbocycles. The van der Waals surface area contributed by atoms with Crippen molar-refractivity contribution in [2.45, 2.75) is 50.2 Å². The Labute approximate surface area is 283 Å². The van der Waals surface area contributed by atoms with Crippen molar-refractivity contribution < 1.29 is 23.4 Å². The summed E-state index contributed by atoms with van der Waals surface area (Å²) in [5.74, 6) is 0.594. The Balaban J connectivity index is 1.32. The number of hydrogen-bond donors (Lipinski definition) is 2. The maximum Gasteiger partial charge on any atom is 0.217 e. The highest BCUT2D eigenvalue weighted by atomic mass is 35.5. The Morgan fingerprint density at radius 3 is 2.79 bits per heavy atom. The summed E-state index contributed by atoms with van der Waals surface area (Å²) in [5, 5.41) is 23.9. The van der Waals surface area contributed by atoms with E-state index in [0.717, 1.165) is 22.3 Å². The van der Waals surface area contributed by atoms with Crippen molar-refractivity contribution in [3.05, 3.63) is 106 Å². The first-order valence-electron chi connectivity index (χ1n) is 16.2. The number of nitriles is 1. The fourth-order valence-corrected chi connectivity index (χ4v) is 7.32. The van der Waals surface area contributed by atoms with Crippen LogP contribution in [0.15, 0.2) is 71.2 Å². The highest BCUT2D eigenvalue weighted by Crippen LogP contribution is 2.50. The number of allylic oxidation sites excluding steroid dienone is 4. The lowest BCUT2D eigenvalue weighted by Gasteiger charge is -2.38. The van der Waals surface area contributed by atoms with Crippen LogP contribution in [0.3, 0.4) is 0 Å². The van der Waals surface area contributed by atoms with Crippen LogP contribution in [0.5, 0.6) is 5.88 Å². The number of hydrogen-bond acceptors (Lipinski definition) is 9. The molecule has 7 rings (SSSR count). The van der Waals surface area contributed by atoms with Crippen LogP contribution in [0.2, 0.25) is 5.02 Å². The number of β-amino-alcohol motifs (C(OH)–C–C–N with tert-alkyl or cyclic N) is 1. The van der Waals surface area contributed by atoms with Gasteiger partial charge in [-0.2, -0.15) is 5.26 Å². The van der Waals surface area contributed by atoms with Gasteiger partial charge in [0.15, 0.2) is 5.58 Å². The molecule has 4 heterocycles. The fourth-order valence-electron chi connectivity index (χ4n) is 7.07. The molecule has 2 saturated heterocycles. The van der Waals surface area contributed by atoms with Gasteiger partial charge in [-0.25, -0.2) is 14.4 Å². The number of nitrogens with zero attached hydrogens (tertiary/aromatic N) is 4. The van der Waals surface area contributed by atoms with E-state index in [-0.39, 0.29) is 24.7 Å². The summed E-state index contributed by atoms with van der Waals surface area (Å²) in [4.78, 5) is 12.3. The molecular formula is C37H37ClFN5O4. The number of aliphatic hydroxyl groups is 1. The second kappa shape index (κ2) is 13.4. The fraction of sp³-hybridized carbons (Fsp3) is 0.378. The number of likely N-dealkylation sites (tertiary alicyclic amines) is 1. The van der Waals surface area contributed by atoms with Gasteiger partial charge in [-0.05, 0) is 47.4 Å². The van der Waals surface area contributed by atoms with E-state index in [1.165, 1.54) is 0 Å². The number of benzene rings is 2. The maximum absolute atomic E-state index is 14.4. The molecule has 2 unspecified atom stereocenters. The molecule has 0 saturated carbocycles. The van der Waals surface area contributed by atoms with Gasteiger partial charge in [-0.3, -0.25) is 4.90 Å². The van der Waals surface area contributed by atoms with Crippen LogP contribution >= 0.6 is 11.6 Å². The average Bonchev–Trinajstić information content (AvgIpc) is 3.52. The predicted molar refractivity (Wildman–Crippen MR) is 180 cm³/mol. The van der Waals surface area contributed by atoms with Gasteiger partial charge < -0.3 is 24.3 Å². The number of fused-ring (bicyclic) bond motifs is 1. The summed E-state index contributed by atoms with van der Waals surface area (Å²) in [5.41, 5.74) is 4.47. The molecule has 2 fully saturated rings.